The van der Waals surface area contributed by atoms with Crippen molar-refractivity contribution in [3.8, 4) is 5.75 Å². The molecule has 2 aromatic heterocycles. The van der Waals surface area contributed by atoms with Crippen molar-refractivity contribution in [2.24, 2.45) is 11.8 Å². The predicted octanol–water partition coefficient (Wildman–Crippen LogP) is 5.44. The second kappa shape index (κ2) is 11.4. The molecule has 6 nitrogen and oxygen atoms in total. The second-order valence-electron chi connectivity index (χ2n) is 8.39. The van der Waals surface area contributed by atoms with Crippen molar-refractivity contribution in [2.75, 3.05) is 32.5 Å². The zero-order valence-corrected chi connectivity index (χ0v) is 20.5. The summed E-state index contributed by atoms with van der Waals surface area (Å²) in [6.45, 7) is 2.00. The fourth-order valence-corrected chi connectivity index (χ4v) is 6.27. The van der Waals surface area contributed by atoms with Gasteiger partial charge in [0.2, 0.25) is 0 Å². The molecule has 1 aliphatic heterocycles. The molecule has 3 aromatic rings. The van der Waals surface area contributed by atoms with Crippen LogP contribution in [0.2, 0.25) is 0 Å². The Morgan fingerprint density at radius 3 is 3.00 bits per heavy atom. The lowest BCUT2D eigenvalue weighted by Gasteiger charge is -2.36. The SMILES string of the molecule is COc1ccc2ncc(F)c([C@@H](F)CC[C@H]3CCN(CCSc4nccs4)C[C@H]3C(=O)O)c2c1. The van der Waals surface area contributed by atoms with Crippen LogP contribution in [0.3, 0.4) is 0 Å². The van der Waals surface area contributed by atoms with Crippen molar-refractivity contribution in [3.63, 3.8) is 0 Å². The van der Waals surface area contributed by atoms with Gasteiger partial charge in [-0.1, -0.05) is 11.8 Å². The molecule has 0 aliphatic carbocycles. The van der Waals surface area contributed by atoms with Gasteiger partial charge in [0, 0.05) is 41.4 Å². The number of hydrogen-bond donors (Lipinski definition) is 1. The van der Waals surface area contributed by atoms with Gasteiger partial charge in [-0.2, -0.15) is 0 Å². The van der Waals surface area contributed by atoms with E-state index < -0.39 is 23.9 Å². The average Bonchev–Trinajstić information content (AvgIpc) is 3.36. The summed E-state index contributed by atoms with van der Waals surface area (Å²) in [6, 6.07) is 4.97. The normalized spacial score (nSPS) is 19.9. The third kappa shape index (κ3) is 5.84. The highest BCUT2D eigenvalue weighted by Crippen LogP contribution is 2.36. The maximum atomic E-state index is 15.3. The highest BCUT2D eigenvalue weighted by molar-refractivity contribution is 8.01. The molecule has 0 spiro atoms. The van der Waals surface area contributed by atoms with Crippen LogP contribution in [0.4, 0.5) is 8.78 Å². The van der Waals surface area contributed by atoms with E-state index in [1.807, 2.05) is 5.38 Å². The first-order chi connectivity index (χ1) is 16.5. The van der Waals surface area contributed by atoms with Gasteiger partial charge in [0.25, 0.3) is 0 Å². The lowest BCUT2D eigenvalue weighted by atomic mass is 9.81. The largest absolute Gasteiger partial charge is 0.497 e. The van der Waals surface area contributed by atoms with Crippen LogP contribution in [0.25, 0.3) is 10.9 Å². The highest BCUT2D eigenvalue weighted by Gasteiger charge is 2.34. The Morgan fingerprint density at radius 2 is 2.26 bits per heavy atom. The first-order valence-electron chi connectivity index (χ1n) is 11.2. The summed E-state index contributed by atoms with van der Waals surface area (Å²) in [5.74, 6) is -0.929. The van der Waals surface area contributed by atoms with Gasteiger partial charge in [-0.25, -0.2) is 13.8 Å². The number of aliphatic carboxylic acids is 1. The van der Waals surface area contributed by atoms with Crippen molar-refractivity contribution >= 4 is 40.0 Å². The number of aromatic nitrogens is 2. The van der Waals surface area contributed by atoms with Crippen LogP contribution in [0.15, 0.2) is 40.3 Å². The van der Waals surface area contributed by atoms with E-state index in [4.69, 9.17) is 4.74 Å². The van der Waals surface area contributed by atoms with Crippen molar-refractivity contribution in [2.45, 2.75) is 29.8 Å². The molecule has 34 heavy (non-hydrogen) atoms. The molecule has 3 heterocycles. The van der Waals surface area contributed by atoms with Crippen LogP contribution in [-0.4, -0.2) is 58.4 Å². The molecule has 0 unspecified atom stereocenters. The number of methoxy groups -OCH3 is 1. The molecule has 0 amide bonds. The van der Waals surface area contributed by atoms with Gasteiger partial charge in [-0.05, 0) is 49.9 Å². The molecule has 0 radical (unpaired) electrons. The van der Waals surface area contributed by atoms with Crippen LogP contribution in [0.1, 0.15) is 31.0 Å². The number of alkyl halides is 1. The minimum atomic E-state index is -1.56. The van der Waals surface area contributed by atoms with E-state index >= 15 is 4.39 Å². The number of rotatable bonds is 10. The number of thiazole rings is 1. The van der Waals surface area contributed by atoms with Crippen molar-refractivity contribution < 1.29 is 23.4 Å². The topological polar surface area (TPSA) is 75.5 Å². The molecule has 182 valence electrons. The van der Waals surface area contributed by atoms with Crippen LogP contribution in [0, 0.1) is 17.7 Å². The molecule has 10 heteroatoms. The number of ether oxygens (including phenoxy) is 1. The lowest BCUT2D eigenvalue weighted by Crippen LogP contribution is -2.44. The number of hydrogen-bond acceptors (Lipinski definition) is 7. The van der Waals surface area contributed by atoms with Gasteiger partial charge < -0.3 is 14.7 Å². The summed E-state index contributed by atoms with van der Waals surface area (Å²) in [4.78, 5) is 22.4. The van der Waals surface area contributed by atoms with Crippen LogP contribution < -0.4 is 4.74 Å². The Kier molecular flexibility index (Phi) is 8.33. The van der Waals surface area contributed by atoms with Gasteiger partial charge >= 0.3 is 5.97 Å². The van der Waals surface area contributed by atoms with E-state index in [0.717, 1.165) is 29.4 Å². The lowest BCUT2D eigenvalue weighted by molar-refractivity contribution is -0.146. The monoisotopic (exact) mass is 507 g/mol. The predicted molar refractivity (Wildman–Crippen MR) is 130 cm³/mol. The van der Waals surface area contributed by atoms with Gasteiger partial charge in [0.1, 0.15) is 22.1 Å². The number of pyridine rings is 1. The summed E-state index contributed by atoms with van der Waals surface area (Å²) in [5, 5.41) is 12.1. The summed E-state index contributed by atoms with van der Waals surface area (Å²) in [6.07, 6.45) is 2.38. The number of halogens is 2. The molecular weight excluding hydrogens is 480 g/mol. The first-order valence-corrected chi connectivity index (χ1v) is 13.1. The quantitative estimate of drug-likeness (QED) is 0.366. The van der Waals surface area contributed by atoms with Crippen LogP contribution >= 0.6 is 23.1 Å². The van der Waals surface area contributed by atoms with Gasteiger partial charge in [0.05, 0.1) is 24.7 Å². The number of nitrogens with zero attached hydrogens (tertiary/aromatic N) is 3. The first kappa shape index (κ1) is 24.8. The second-order valence-corrected chi connectivity index (χ2v) is 10.6. The van der Waals surface area contributed by atoms with Crippen LogP contribution in [-0.2, 0) is 4.79 Å². The molecule has 0 saturated carbocycles. The van der Waals surface area contributed by atoms with Crippen LogP contribution in [0.5, 0.6) is 5.75 Å². The summed E-state index contributed by atoms with van der Waals surface area (Å²) in [5.41, 5.74) is 0.458. The Hall–Kier alpha value is -2.30. The third-order valence-electron chi connectivity index (χ3n) is 6.37. The zero-order valence-electron chi connectivity index (χ0n) is 18.8. The molecule has 4 rings (SSSR count). The molecule has 1 aliphatic rings. The average molecular weight is 508 g/mol. The van der Waals surface area contributed by atoms with E-state index in [1.54, 1.807) is 47.5 Å². The van der Waals surface area contributed by atoms with E-state index in [2.05, 4.69) is 14.9 Å². The molecular formula is C24H27F2N3O3S2. The summed E-state index contributed by atoms with van der Waals surface area (Å²) >= 11 is 3.26. The number of thioether (sulfide) groups is 1. The molecule has 1 fully saturated rings. The minimum Gasteiger partial charge on any atom is -0.497 e. The number of carboxylic acids is 1. The number of carbonyl (C=O) groups is 1. The highest BCUT2D eigenvalue weighted by atomic mass is 32.2. The van der Waals surface area contributed by atoms with E-state index in [0.29, 0.717) is 36.0 Å². The van der Waals surface area contributed by atoms with Gasteiger partial charge in [-0.15, -0.1) is 11.3 Å². The fourth-order valence-electron chi connectivity index (χ4n) is 4.56. The number of carboxylic acid groups (broad SMARTS) is 1. The molecule has 3 atom stereocenters. The maximum Gasteiger partial charge on any atom is 0.308 e. The minimum absolute atomic E-state index is 0.0348. The molecule has 1 N–H and O–H groups in total. The van der Waals surface area contributed by atoms with Crippen molar-refractivity contribution in [1.82, 2.24) is 14.9 Å². The Labute approximate surface area is 205 Å². The van der Waals surface area contributed by atoms with E-state index in [9.17, 15) is 14.3 Å². The number of piperidine rings is 1. The number of likely N-dealkylation sites (tertiary alicyclic amines) is 1. The zero-order chi connectivity index (χ0) is 24.1. The molecule has 1 saturated heterocycles. The number of benzene rings is 1. The molecule has 1 aromatic carbocycles. The third-order valence-corrected chi connectivity index (χ3v) is 8.32. The Balaban J connectivity index is 1.38. The fraction of sp³-hybridized carbons (Fsp3) is 0.458. The van der Waals surface area contributed by atoms with Crippen molar-refractivity contribution in [1.29, 1.82) is 0 Å². The van der Waals surface area contributed by atoms with Gasteiger partial charge in [0.15, 0.2) is 0 Å². The standard InChI is InChI=1S/C24H27F2N3O3S2/c1-32-16-3-5-21-17(12-16)22(20(26)13-28-21)19(25)4-2-15-6-8-29(14-18(15)23(30)31)9-11-34-24-27-7-10-33-24/h3,5,7,10,12-13,15,18-19H,2,4,6,8-9,11,14H2,1H3,(H,30,31)/t15-,18+,19-/m0/s1. The van der Waals surface area contributed by atoms with Crippen molar-refractivity contribution in [3.05, 3.63) is 47.4 Å². The smallest absolute Gasteiger partial charge is 0.308 e. The van der Waals surface area contributed by atoms with E-state index in [1.165, 1.54) is 7.11 Å². The summed E-state index contributed by atoms with van der Waals surface area (Å²) < 4.78 is 36.2. The maximum absolute atomic E-state index is 15.3. The van der Waals surface area contributed by atoms with E-state index in [-0.39, 0.29) is 17.9 Å². The number of fused-ring (bicyclic) bond motifs is 1. The Bertz CT molecular complexity index is 1120. The summed E-state index contributed by atoms with van der Waals surface area (Å²) in [7, 11) is 1.50. The van der Waals surface area contributed by atoms with Gasteiger partial charge in [-0.3, -0.25) is 9.78 Å². The molecule has 0 bridgehead atoms. The Morgan fingerprint density at radius 1 is 1.41 bits per heavy atom.